The molecule has 3 fully saturated rings. The lowest BCUT2D eigenvalue weighted by Crippen LogP contribution is -2.59. The summed E-state index contributed by atoms with van der Waals surface area (Å²) in [6, 6.07) is 0. The topological polar surface area (TPSA) is 0 Å². The van der Waals surface area contributed by atoms with E-state index in [2.05, 4.69) is 55.4 Å². The lowest BCUT2D eigenvalue weighted by Gasteiger charge is -2.64. The Kier molecular flexibility index (Phi) is 2.65. The third-order valence-electron chi connectivity index (χ3n) is 9.11. The van der Waals surface area contributed by atoms with Gasteiger partial charge in [0, 0.05) is 0 Å². The maximum atomic E-state index is 2.67. The van der Waals surface area contributed by atoms with Crippen LogP contribution in [0.2, 0.25) is 0 Å². The van der Waals surface area contributed by atoms with Crippen molar-refractivity contribution in [2.75, 3.05) is 0 Å². The molecule has 0 heteroatoms. The van der Waals surface area contributed by atoms with Gasteiger partial charge in [-0.05, 0) is 58.2 Å². The number of hydrogen-bond donors (Lipinski definition) is 0. The molecular formula is C19H34. The Hall–Kier alpha value is 0. The third-order valence-corrected chi connectivity index (χ3v) is 9.11. The summed E-state index contributed by atoms with van der Waals surface area (Å²) in [7, 11) is 0. The van der Waals surface area contributed by atoms with Crippen LogP contribution in [0.3, 0.4) is 0 Å². The van der Waals surface area contributed by atoms with Crippen LogP contribution in [0.25, 0.3) is 0 Å². The molecule has 0 radical (unpaired) electrons. The smallest absolute Gasteiger partial charge is 0.0202 e. The Morgan fingerprint density at radius 3 is 2.16 bits per heavy atom. The van der Waals surface area contributed by atoms with Crippen LogP contribution in [0.15, 0.2) is 0 Å². The first-order valence-electron chi connectivity index (χ1n) is 8.68. The fourth-order valence-corrected chi connectivity index (χ4v) is 7.39. The molecule has 8 unspecified atom stereocenters. The van der Waals surface area contributed by atoms with Gasteiger partial charge in [-0.15, -0.1) is 0 Å². The molecule has 0 N–H and O–H groups in total. The highest BCUT2D eigenvalue weighted by Gasteiger charge is 2.85. The lowest BCUT2D eigenvalue weighted by atomic mass is 9.40. The molecule has 0 saturated heterocycles. The minimum Gasteiger partial charge on any atom is -0.0651 e. The van der Waals surface area contributed by atoms with E-state index in [1.54, 1.807) is 0 Å². The summed E-state index contributed by atoms with van der Waals surface area (Å²) < 4.78 is 0. The molecule has 3 aliphatic rings. The van der Waals surface area contributed by atoms with Crippen LogP contribution < -0.4 is 0 Å². The van der Waals surface area contributed by atoms with E-state index in [0.717, 1.165) is 35.5 Å². The van der Waals surface area contributed by atoms with E-state index in [-0.39, 0.29) is 0 Å². The van der Waals surface area contributed by atoms with Gasteiger partial charge in [0.15, 0.2) is 0 Å². The second-order valence-electron chi connectivity index (χ2n) is 9.13. The molecule has 0 amide bonds. The van der Waals surface area contributed by atoms with E-state index < -0.39 is 0 Å². The zero-order valence-electron chi connectivity index (χ0n) is 14.4. The van der Waals surface area contributed by atoms with E-state index in [9.17, 15) is 0 Å². The maximum Gasteiger partial charge on any atom is -0.0202 e. The standard InChI is InChI=1S/C19H34/c1-9-12(4)14-10-15-17(6)13(5)16(17)18(7,11(2)3)19(14,15)8/h11-16H,9-10H2,1-8H3. The van der Waals surface area contributed by atoms with Crippen molar-refractivity contribution in [1.82, 2.24) is 0 Å². The van der Waals surface area contributed by atoms with E-state index in [0.29, 0.717) is 16.2 Å². The van der Waals surface area contributed by atoms with Crippen LogP contribution in [0.1, 0.15) is 68.2 Å². The Balaban J connectivity index is 2.03. The predicted molar refractivity (Wildman–Crippen MR) is 82.9 cm³/mol. The average Bonchev–Trinajstić information content (AvgIpc) is 2.84. The lowest BCUT2D eigenvalue weighted by molar-refractivity contribution is -0.168. The van der Waals surface area contributed by atoms with Gasteiger partial charge < -0.3 is 0 Å². The van der Waals surface area contributed by atoms with Crippen LogP contribution in [-0.2, 0) is 0 Å². The first-order chi connectivity index (χ1) is 8.68. The van der Waals surface area contributed by atoms with Crippen molar-refractivity contribution in [2.24, 2.45) is 51.8 Å². The molecule has 0 aromatic heterocycles. The quantitative estimate of drug-likeness (QED) is 0.619. The van der Waals surface area contributed by atoms with Gasteiger partial charge in [-0.2, -0.15) is 0 Å². The zero-order valence-corrected chi connectivity index (χ0v) is 14.4. The molecule has 110 valence electrons. The van der Waals surface area contributed by atoms with E-state index in [1.165, 1.54) is 12.8 Å². The Morgan fingerprint density at radius 2 is 1.68 bits per heavy atom. The summed E-state index contributed by atoms with van der Waals surface area (Å²) in [4.78, 5) is 0. The van der Waals surface area contributed by atoms with Crippen molar-refractivity contribution in [3.8, 4) is 0 Å². The Labute approximate surface area is 120 Å². The van der Waals surface area contributed by atoms with Crippen molar-refractivity contribution in [3.63, 3.8) is 0 Å². The monoisotopic (exact) mass is 262 g/mol. The van der Waals surface area contributed by atoms with Gasteiger partial charge in [-0.3, -0.25) is 0 Å². The van der Waals surface area contributed by atoms with Crippen molar-refractivity contribution >= 4 is 0 Å². The second-order valence-corrected chi connectivity index (χ2v) is 9.13. The van der Waals surface area contributed by atoms with Crippen LogP contribution in [0, 0.1) is 51.8 Å². The van der Waals surface area contributed by atoms with Crippen molar-refractivity contribution < 1.29 is 0 Å². The summed E-state index contributed by atoms with van der Waals surface area (Å²) in [6.45, 7) is 20.3. The third kappa shape index (κ3) is 1.16. The summed E-state index contributed by atoms with van der Waals surface area (Å²) in [5, 5.41) is 0. The fourth-order valence-electron chi connectivity index (χ4n) is 7.39. The molecule has 3 rings (SSSR count). The van der Waals surface area contributed by atoms with E-state index >= 15 is 0 Å². The Bertz CT molecular complexity index is 397. The summed E-state index contributed by atoms with van der Waals surface area (Å²) in [5.41, 5.74) is 1.86. The van der Waals surface area contributed by atoms with Gasteiger partial charge in [0.1, 0.15) is 0 Å². The molecule has 8 atom stereocenters. The first kappa shape index (κ1) is 14.0. The molecule has 0 aliphatic heterocycles. The largest absolute Gasteiger partial charge is 0.0651 e. The highest BCUT2D eigenvalue weighted by atomic mass is 14.9. The first-order valence-corrected chi connectivity index (χ1v) is 8.68. The van der Waals surface area contributed by atoms with E-state index in [1.807, 2.05) is 0 Å². The van der Waals surface area contributed by atoms with Crippen molar-refractivity contribution in [3.05, 3.63) is 0 Å². The molecule has 3 saturated carbocycles. The number of rotatable bonds is 3. The van der Waals surface area contributed by atoms with Crippen LogP contribution in [0.5, 0.6) is 0 Å². The normalized spacial score (nSPS) is 60.5. The summed E-state index contributed by atoms with van der Waals surface area (Å²) in [6.07, 6.45) is 2.88. The van der Waals surface area contributed by atoms with Crippen LogP contribution >= 0.6 is 0 Å². The average molecular weight is 262 g/mol. The van der Waals surface area contributed by atoms with Crippen molar-refractivity contribution in [1.29, 1.82) is 0 Å². The molecule has 0 aromatic rings. The number of hydrogen-bond acceptors (Lipinski definition) is 0. The maximum absolute atomic E-state index is 2.67. The molecule has 19 heavy (non-hydrogen) atoms. The van der Waals surface area contributed by atoms with Gasteiger partial charge in [0.05, 0.1) is 0 Å². The highest BCUT2D eigenvalue weighted by Crippen LogP contribution is 2.90. The molecule has 0 nitrogen and oxygen atoms in total. The molecular weight excluding hydrogens is 228 g/mol. The molecule has 0 spiro atoms. The van der Waals surface area contributed by atoms with Gasteiger partial charge in [-0.1, -0.05) is 61.8 Å². The second kappa shape index (κ2) is 3.60. The minimum atomic E-state index is 0.568. The highest BCUT2D eigenvalue weighted by molar-refractivity contribution is 5.32. The zero-order chi connectivity index (χ0) is 14.4. The van der Waals surface area contributed by atoms with Gasteiger partial charge in [-0.25, -0.2) is 0 Å². The van der Waals surface area contributed by atoms with Crippen LogP contribution in [0.4, 0.5) is 0 Å². The minimum absolute atomic E-state index is 0.568. The molecule has 3 aliphatic carbocycles. The van der Waals surface area contributed by atoms with Gasteiger partial charge >= 0.3 is 0 Å². The number of fused-ring (bicyclic) bond motifs is 3. The van der Waals surface area contributed by atoms with E-state index in [4.69, 9.17) is 0 Å². The fraction of sp³-hybridized carbons (Fsp3) is 1.00. The van der Waals surface area contributed by atoms with Crippen LogP contribution in [-0.4, -0.2) is 0 Å². The predicted octanol–water partition coefficient (Wildman–Crippen LogP) is 5.62. The molecule has 0 aromatic carbocycles. The molecule has 0 heterocycles. The molecule has 0 bridgehead atoms. The van der Waals surface area contributed by atoms with Crippen molar-refractivity contribution in [2.45, 2.75) is 68.2 Å². The van der Waals surface area contributed by atoms with Gasteiger partial charge in [0.2, 0.25) is 0 Å². The Morgan fingerprint density at radius 1 is 1.11 bits per heavy atom. The SMILES string of the molecule is CCC(C)C1CC2C3(C)C(C)C3C(C)(C(C)C)C12C. The summed E-state index contributed by atoms with van der Waals surface area (Å²) in [5.74, 6) is 5.68. The van der Waals surface area contributed by atoms with Gasteiger partial charge in [0.25, 0.3) is 0 Å². The summed E-state index contributed by atoms with van der Waals surface area (Å²) >= 11 is 0.